The lowest BCUT2D eigenvalue weighted by Crippen LogP contribution is -2.11. The third-order valence-electron chi connectivity index (χ3n) is 11.2. The topological polar surface area (TPSA) is 19.0 Å². The Morgan fingerprint density at radius 2 is 0.930 bits per heavy atom. The molecular weight excluding hydrogens is 709 g/mol. The quantitative estimate of drug-likeness (QED) is 0.172. The van der Waals surface area contributed by atoms with Crippen molar-refractivity contribution in [1.82, 2.24) is 4.98 Å². The predicted octanol–water partition coefficient (Wildman–Crippen LogP) is 15.8. The van der Waals surface area contributed by atoms with Crippen LogP contribution in [0, 0.1) is 0 Å². The van der Waals surface area contributed by atoms with Crippen LogP contribution >= 0.6 is 11.3 Å². The third kappa shape index (κ3) is 5.88. The fourth-order valence-electron chi connectivity index (χ4n) is 8.47. The number of aromatic nitrogens is 1. The lowest BCUT2D eigenvalue weighted by atomic mass is 9.96. The molecule has 1 N–H and O–H groups in total. The van der Waals surface area contributed by atoms with E-state index in [1.807, 2.05) is 11.3 Å². The maximum Gasteiger partial charge on any atom is 0.0561 e. The average Bonchev–Trinajstić information content (AvgIpc) is 3.86. The Morgan fingerprint density at radius 3 is 1.65 bits per heavy atom. The zero-order valence-electron chi connectivity index (χ0n) is 31.1. The van der Waals surface area contributed by atoms with Gasteiger partial charge < -0.3 is 9.88 Å². The van der Waals surface area contributed by atoms with Crippen LogP contribution in [0.15, 0.2) is 212 Å². The minimum atomic E-state index is 1.09. The Hall–Kier alpha value is -7.20. The van der Waals surface area contributed by atoms with Gasteiger partial charge in [-0.15, -0.1) is 11.3 Å². The van der Waals surface area contributed by atoms with Crippen molar-refractivity contribution in [3.05, 3.63) is 212 Å². The molecule has 268 valence electrons. The van der Waals surface area contributed by atoms with Gasteiger partial charge >= 0.3 is 0 Å². The summed E-state index contributed by atoms with van der Waals surface area (Å²) in [4.78, 5) is 6.29. The number of fused-ring (bicyclic) bond motifs is 6. The summed E-state index contributed by atoms with van der Waals surface area (Å²) in [6, 6.07) is 77.2. The zero-order valence-corrected chi connectivity index (χ0v) is 31.9. The first kappa shape index (κ1) is 33.2. The van der Waals surface area contributed by atoms with E-state index in [-0.39, 0.29) is 0 Å². The normalized spacial score (nSPS) is 11.5. The van der Waals surface area contributed by atoms with Crippen molar-refractivity contribution in [1.29, 1.82) is 0 Å². The molecule has 0 saturated carbocycles. The maximum absolute atomic E-state index is 3.85. The first-order valence-electron chi connectivity index (χ1n) is 19.4. The minimum Gasteiger partial charge on any atom is -0.354 e. The fourth-order valence-corrected chi connectivity index (χ4v) is 9.56. The molecule has 2 nitrogen and oxygen atoms in total. The number of benzene rings is 9. The largest absolute Gasteiger partial charge is 0.354 e. The van der Waals surface area contributed by atoms with E-state index in [2.05, 4.69) is 222 Å². The van der Waals surface area contributed by atoms with Crippen LogP contribution in [0.1, 0.15) is 0 Å². The smallest absolute Gasteiger partial charge is 0.0561 e. The van der Waals surface area contributed by atoms with Crippen molar-refractivity contribution in [2.45, 2.75) is 0 Å². The van der Waals surface area contributed by atoms with Crippen LogP contribution in [0.25, 0.3) is 86.5 Å². The van der Waals surface area contributed by atoms with Gasteiger partial charge in [0.05, 0.1) is 11.2 Å². The predicted molar refractivity (Wildman–Crippen MR) is 245 cm³/mol. The first-order chi connectivity index (χ1) is 28.2. The van der Waals surface area contributed by atoms with Crippen LogP contribution in [0.5, 0.6) is 0 Å². The SMILES string of the molecule is c1ccc(-c2cc(-c3ccccc3)cc(N(c3ccc(-c4ccc5sc6ccccc6c5c4)cc3)c3cccc4[nH]c5c(-c6ccccc6)cccc5c34)c2)cc1. The van der Waals surface area contributed by atoms with Gasteiger partial charge in [-0.25, -0.2) is 0 Å². The molecule has 2 heterocycles. The van der Waals surface area contributed by atoms with Crippen molar-refractivity contribution in [2.24, 2.45) is 0 Å². The summed E-state index contributed by atoms with van der Waals surface area (Å²) in [6.07, 6.45) is 0. The lowest BCUT2D eigenvalue weighted by molar-refractivity contribution is 1.30. The van der Waals surface area contributed by atoms with Crippen LogP contribution in [0.2, 0.25) is 0 Å². The van der Waals surface area contributed by atoms with Crippen LogP contribution in [0.3, 0.4) is 0 Å². The van der Waals surface area contributed by atoms with Crippen molar-refractivity contribution < 1.29 is 0 Å². The van der Waals surface area contributed by atoms with Gasteiger partial charge in [0.2, 0.25) is 0 Å². The fraction of sp³-hybridized carbons (Fsp3) is 0. The Morgan fingerprint density at radius 1 is 0.351 bits per heavy atom. The molecule has 0 aliphatic carbocycles. The van der Waals surface area contributed by atoms with Gasteiger partial charge in [-0.3, -0.25) is 0 Å². The molecule has 9 aromatic carbocycles. The highest BCUT2D eigenvalue weighted by Gasteiger charge is 2.21. The summed E-state index contributed by atoms with van der Waals surface area (Å²) in [5.41, 5.74) is 15.0. The minimum absolute atomic E-state index is 1.09. The molecule has 0 aliphatic heterocycles. The Labute approximate surface area is 335 Å². The highest BCUT2D eigenvalue weighted by molar-refractivity contribution is 7.25. The summed E-state index contributed by atoms with van der Waals surface area (Å²) in [5, 5.41) is 5.01. The monoisotopic (exact) mass is 744 g/mol. The lowest BCUT2D eigenvalue weighted by Gasteiger charge is -2.28. The number of aromatic amines is 1. The molecule has 0 radical (unpaired) electrons. The van der Waals surface area contributed by atoms with Crippen molar-refractivity contribution in [3.63, 3.8) is 0 Å². The molecule has 3 heteroatoms. The van der Waals surface area contributed by atoms with Crippen LogP contribution in [0.4, 0.5) is 17.1 Å². The standard InChI is InChI=1S/C54H36N2S/c1-4-14-36(15-5-1)41-32-42(37-16-6-2-7-17-37)34-44(33-41)56(43-29-26-38(27-30-43)40-28-31-52-48(35-40)46-20-10-11-25-51(46)57-52)50-24-13-23-49-53(50)47-22-12-21-45(54(47)55-49)39-18-8-3-9-19-39/h1-35,55H. The number of rotatable bonds is 7. The van der Waals surface area contributed by atoms with E-state index in [1.54, 1.807) is 0 Å². The van der Waals surface area contributed by atoms with Gasteiger partial charge in [0.1, 0.15) is 0 Å². The Balaban J connectivity index is 1.13. The molecule has 57 heavy (non-hydrogen) atoms. The van der Waals surface area contributed by atoms with Crippen molar-refractivity contribution >= 4 is 70.4 Å². The summed E-state index contributed by atoms with van der Waals surface area (Å²) in [7, 11) is 0. The number of anilines is 3. The molecule has 0 unspecified atom stereocenters. The van der Waals surface area contributed by atoms with E-state index in [0.717, 1.165) is 28.1 Å². The third-order valence-corrected chi connectivity index (χ3v) is 12.3. The van der Waals surface area contributed by atoms with Gasteiger partial charge in [-0.2, -0.15) is 0 Å². The number of hydrogen-bond acceptors (Lipinski definition) is 2. The van der Waals surface area contributed by atoms with Gasteiger partial charge in [0.25, 0.3) is 0 Å². The molecule has 0 aliphatic rings. The van der Waals surface area contributed by atoms with E-state index in [0.29, 0.717) is 0 Å². The van der Waals surface area contributed by atoms with E-state index < -0.39 is 0 Å². The molecule has 2 aromatic heterocycles. The number of hydrogen-bond donors (Lipinski definition) is 1. The summed E-state index contributed by atoms with van der Waals surface area (Å²) in [5.74, 6) is 0. The molecule has 0 atom stereocenters. The zero-order chi connectivity index (χ0) is 37.7. The van der Waals surface area contributed by atoms with Gasteiger partial charge in [0, 0.05) is 53.4 Å². The Bertz CT molecular complexity index is 3160. The van der Waals surface area contributed by atoms with E-state index in [1.165, 1.54) is 75.5 Å². The molecule has 0 bridgehead atoms. The van der Waals surface area contributed by atoms with Crippen LogP contribution in [-0.2, 0) is 0 Å². The van der Waals surface area contributed by atoms with Gasteiger partial charge in [-0.05, 0) is 99.6 Å². The molecule has 0 spiro atoms. The van der Waals surface area contributed by atoms with Gasteiger partial charge in [-0.1, -0.05) is 152 Å². The van der Waals surface area contributed by atoms with Gasteiger partial charge in [0.15, 0.2) is 0 Å². The van der Waals surface area contributed by atoms with E-state index in [9.17, 15) is 0 Å². The molecule has 0 amide bonds. The number of nitrogens with one attached hydrogen (secondary N) is 1. The summed E-state index contributed by atoms with van der Waals surface area (Å²) < 4.78 is 2.64. The molecule has 0 saturated heterocycles. The highest BCUT2D eigenvalue weighted by atomic mass is 32.1. The second kappa shape index (κ2) is 13.8. The molecule has 11 aromatic rings. The van der Waals surface area contributed by atoms with Crippen molar-refractivity contribution in [2.75, 3.05) is 4.90 Å². The van der Waals surface area contributed by atoms with Crippen LogP contribution in [-0.4, -0.2) is 4.98 Å². The van der Waals surface area contributed by atoms with E-state index in [4.69, 9.17) is 0 Å². The van der Waals surface area contributed by atoms with Crippen molar-refractivity contribution in [3.8, 4) is 44.5 Å². The number of thiophene rings is 1. The number of H-pyrrole nitrogens is 1. The van der Waals surface area contributed by atoms with Crippen LogP contribution < -0.4 is 4.90 Å². The second-order valence-electron chi connectivity index (χ2n) is 14.6. The average molecular weight is 745 g/mol. The molecular formula is C54H36N2S. The molecule has 11 rings (SSSR count). The second-order valence-corrected chi connectivity index (χ2v) is 15.7. The maximum atomic E-state index is 3.85. The highest BCUT2D eigenvalue weighted by Crippen LogP contribution is 2.46. The first-order valence-corrected chi connectivity index (χ1v) is 20.2. The molecule has 0 fully saturated rings. The Kier molecular flexibility index (Phi) is 8.04. The number of nitrogens with zero attached hydrogens (tertiary/aromatic N) is 1. The summed E-state index contributed by atoms with van der Waals surface area (Å²) >= 11 is 1.86. The number of para-hydroxylation sites is 1. The van der Waals surface area contributed by atoms with E-state index >= 15 is 0 Å². The summed E-state index contributed by atoms with van der Waals surface area (Å²) in [6.45, 7) is 0.